The first kappa shape index (κ1) is 15.7. The Morgan fingerprint density at radius 1 is 1.42 bits per heavy atom. The van der Waals surface area contributed by atoms with Crippen molar-refractivity contribution in [1.82, 2.24) is 5.32 Å². The molecule has 0 aliphatic heterocycles. The van der Waals surface area contributed by atoms with Gasteiger partial charge in [-0.3, -0.25) is 0 Å². The van der Waals surface area contributed by atoms with Crippen LogP contribution in [-0.2, 0) is 4.74 Å². The van der Waals surface area contributed by atoms with Gasteiger partial charge in [0.1, 0.15) is 0 Å². The third-order valence-electron chi connectivity index (χ3n) is 2.30. The van der Waals surface area contributed by atoms with Crippen molar-refractivity contribution in [3.8, 4) is 5.75 Å². The SMILES string of the molecule is CCOc1ccc(NC(=S)NCCCOC)cc1F. The molecule has 6 heteroatoms. The number of nitrogens with one attached hydrogen (secondary N) is 2. The highest BCUT2D eigenvalue weighted by Gasteiger charge is 2.05. The molecule has 0 amide bonds. The molecule has 0 bridgehead atoms. The minimum absolute atomic E-state index is 0.243. The van der Waals surface area contributed by atoms with E-state index in [1.165, 1.54) is 6.07 Å². The quantitative estimate of drug-likeness (QED) is 0.595. The summed E-state index contributed by atoms with van der Waals surface area (Å²) in [6.07, 6.45) is 0.857. The van der Waals surface area contributed by atoms with E-state index in [9.17, 15) is 4.39 Å². The fourth-order valence-corrected chi connectivity index (χ4v) is 1.66. The van der Waals surface area contributed by atoms with Crippen LogP contribution in [0.4, 0.5) is 10.1 Å². The molecule has 0 fully saturated rings. The van der Waals surface area contributed by atoms with E-state index >= 15 is 0 Å². The molecule has 4 nitrogen and oxygen atoms in total. The first-order valence-corrected chi connectivity index (χ1v) is 6.54. The standard InChI is InChI=1S/C13H19FN2O2S/c1-3-18-12-6-5-10(9-11(12)14)16-13(19)15-7-4-8-17-2/h5-6,9H,3-4,7-8H2,1-2H3,(H2,15,16,19). The zero-order chi connectivity index (χ0) is 14.1. The summed E-state index contributed by atoms with van der Waals surface area (Å²) in [6.45, 7) is 3.63. The second-order valence-electron chi connectivity index (χ2n) is 3.81. The molecule has 0 spiro atoms. The lowest BCUT2D eigenvalue weighted by Crippen LogP contribution is -2.29. The van der Waals surface area contributed by atoms with Crippen LogP contribution in [-0.4, -0.2) is 32.0 Å². The van der Waals surface area contributed by atoms with Crippen LogP contribution in [0.1, 0.15) is 13.3 Å². The van der Waals surface area contributed by atoms with Crippen molar-refractivity contribution in [3.05, 3.63) is 24.0 Å². The second kappa shape index (κ2) is 8.66. The summed E-state index contributed by atoms with van der Waals surface area (Å²) < 4.78 is 23.6. The Morgan fingerprint density at radius 2 is 2.21 bits per heavy atom. The lowest BCUT2D eigenvalue weighted by atomic mass is 10.3. The van der Waals surface area contributed by atoms with Gasteiger partial charge in [-0.1, -0.05) is 0 Å². The van der Waals surface area contributed by atoms with Gasteiger partial charge in [-0.25, -0.2) is 4.39 Å². The maximum atomic E-state index is 13.6. The molecule has 19 heavy (non-hydrogen) atoms. The molecule has 2 N–H and O–H groups in total. The van der Waals surface area contributed by atoms with E-state index < -0.39 is 5.82 Å². The van der Waals surface area contributed by atoms with Crippen LogP contribution in [0.25, 0.3) is 0 Å². The number of benzene rings is 1. The highest BCUT2D eigenvalue weighted by molar-refractivity contribution is 7.80. The largest absolute Gasteiger partial charge is 0.491 e. The Labute approximate surface area is 118 Å². The maximum absolute atomic E-state index is 13.6. The van der Waals surface area contributed by atoms with Gasteiger partial charge < -0.3 is 20.1 Å². The lowest BCUT2D eigenvalue weighted by molar-refractivity contribution is 0.196. The Balaban J connectivity index is 2.44. The van der Waals surface area contributed by atoms with Crippen LogP contribution in [0.3, 0.4) is 0 Å². The number of hydrogen-bond donors (Lipinski definition) is 2. The Morgan fingerprint density at radius 3 is 2.84 bits per heavy atom. The van der Waals surface area contributed by atoms with Gasteiger partial charge in [0.25, 0.3) is 0 Å². The van der Waals surface area contributed by atoms with Crippen LogP contribution >= 0.6 is 12.2 Å². The number of ether oxygens (including phenoxy) is 2. The van der Waals surface area contributed by atoms with Crippen LogP contribution in [0.2, 0.25) is 0 Å². The Hall–Kier alpha value is -1.40. The monoisotopic (exact) mass is 286 g/mol. The minimum Gasteiger partial charge on any atom is -0.491 e. The van der Waals surface area contributed by atoms with Crippen LogP contribution in [0.15, 0.2) is 18.2 Å². The van der Waals surface area contributed by atoms with Gasteiger partial charge in [0, 0.05) is 32.0 Å². The summed E-state index contributed by atoms with van der Waals surface area (Å²) in [5.41, 5.74) is 0.588. The van der Waals surface area contributed by atoms with Crippen LogP contribution < -0.4 is 15.4 Å². The van der Waals surface area contributed by atoms with E-state index in [-0.39, 0.29) is 5.75 Å². The van der Waals surface area contributed by atoms with E-state index in [2.05, 4.69) is 10.6 Å². The summed E-state index contributed by atoms with van der Waals surface area (Å²) in [6, 6.07) is 4.65. The Kier molecular flexibility index (Phi) is 7.14. The highest BCUT2D eigenvalue weighted by Crippen LogP contribution is 2.20. The molecule has 0 radical (unpaired) electrons. The number of thiocarbonyl (C=S) groups is 1. The molecule has 1 rings (SSSR count). The molecule has 0 saturated heterocycles. The van der Waals surface area contributed by atoms with Gasteiger partial charge in [0.2, 0.25) is 0 Å². The van der Waals surface area contributed by atoms with Gasteiger partial charge in [0.05, 0.1) is 6.61 Å². The third-order valence-corrected chi connectivity index (χ3v) is 2.55. The summed E-state index contributed by atoms with van der Waals surface area (Å²) in [5, 5.41) is 6.38. The van der Waals surface area contributed by atoms with Crippen molar-refractivity contribution in [2.45, 2.75) is 13.3 Å². The molecule has 0 aliphatic rings. The maximum Gasteiger partial charge on any atom is 0.170 e. The molecule has 0 aliphatic carbocycles. The average molecular weight is 286 g/mol. The van der Waals surface area contributed by atoms with E-state index in [4.69, 9.17) is 21.7 Å². The number of hydrogen-bond acceptors (Lipinski definition) is 3. The smallest absolute Gasteiger partial charge is 0.170 e. The topological polar surface area (TPSA) is 42.5 Å². The molecular formula is C13H19FN2O2S. The highest BCUT2D eigenvalue weighted by atomic mass is 32.1. The number of rotatable bonds is 7. The van der Waals surface area contributed by atoms with Gasteiger partial charge in [-0.05, 0) is 37.7 Å². The van der Waals surface area contributed by atoms with Crippen LogP contribution in [0.5, 0.6) is 5.75 Å². The molecule has 1 aromatic carbocycles. The van der Waals surface area contributed by atoms with E-state index in [0.29, 0.717) is 30.6 Å². The summed E-state index contributed by atoms with van der Waals surface area (Å²) >= 11 is 5.10. The van der Waals surface area contributed by atoms with Crippen molar-refractivity contribution < 1.29 is 13.9 Å². The summed E-state index contributed by atoms with van der Waals surface area (Å²) in [4.78, 5) is 0. The van der Waals surface area contributed by atoms with Crippen molar-refractivity contribution in [2.75, 3.05) is 32.2 Å². The van der Waals surface area contributed by atoms with Gasteiger partial charge in [-0.15, -0.1) is 0 Å². The molecule has 106 valence electrons. The zero-order valence-electron chi connectivity index (χ0n) is 11.2. The lowest BCUT2D eigenvalue weighted by Gasteiger charge is -2.11. The van der Waals surface area contributed by atoms with Gasteiger partial charge >= 0.3 is 0 Å². The average Bonchev–Trinajstić information content (AvgIpc) is 2.38. The van der Waals surface area contributed by atoms with E-state index in [0.717, 1.165) is 6.42 Å². The van der Waals surface area contributed by atoms with Crippen molar-refractivity contribution in [2.24, 2.45) is 0 Å². The van der Waals surface area contributed by atoms with E-state index in [1.54, 1.807) is 19.2 Å². The fourth-order valence-electron chi connectivity index (χ4n) is 1.44. The predicted molar refractivity (Wildman–Crippen MR) is 78.3 cm³/mol. The number of anilines is 1. The first-order chi connectivity index (χ1) is 9.17. The first-order valence-electron chi connectivity index (χ1n) is 6.13. The van der Waals surface area contributed by atoms with Crippen molar-refractivity contribution in [3.63, 3.8) is 0 Å². The van der Waals surface area contributed by atoms with E-state index in [1.807, 2.05) is 6.92 Å². The number of halogens is 1. The molecule has 0 saturated carbocycles. The van der Waals surface area contributed by atoms with Crippen LogP contribution in [0, 0.1) is 5.82 Å². The normalized spacial score (nSPS) is 10.1. The number of methoxy groups -OCH3 is 1. The summed E-state index contributed by atoms with van der Waals surface area (Å²) in [5.74, 6) is -0.166. The molecule has 0 aromatic heterocycles. The predicted octanol–water partition coefficient (Wildman–Crippen LogP) is 2.55. The van der Waals surface area contributed by atoms with Gasteiger partial charge in [0.15, 0.2) is 16.7 Å². The summed E-state index contributed by atoms with van der Waals surface area (Å²) in [7, 11) is 1.65. The molecule has 1 aromatic rings. The molecular weight excluding hydrogens is 267 g/mol. The molecule has 0 atom stereocenters. The second-order valence-corrected chi connectivity index (χ2v) is 4.21. The molecule has 0 heterocycles. The third kappa shape index (κ3) is 5.85. The minimum atomic E-state index is -0.408. The van der Waals surface area contributed by atoms with Crippen molar-refractivity contribution in [1.29, 1.82) is 0 Å². The zero-order valence-corrected chi connectivity index (χ0v) is 12.0. The van der Waals surface area contributed by atoms with Crippen molar-refractivity contribution >= 4 is 23.0 Å². The fraction of sp³-hybridized carbons (Fsp3) is 0.462. The molecule has 0 unspecified atom stereocenters. The van der Waals surface area contributed by atoms with Gasteiger partial charge in [-0.2, -0.15) is 0 Å². The Bertz CT molecular complexity index is 416.